The van der Waals surface area contributed by atoms with Gasteiger partial charge in [-0.15, -0.1) is 12.4 Å². The van der Waals surface area contributed by atoms with Crippen LogP contribution in [-0.2, 0) is 0 Å². The summed E-state index contributed by atoms with van der Waals surface area (Å²) in [5, 5.41) is 9.72. The smallest absolute Gasteiger partial charge is 0.329 e. The quantitative estimate of drug-likeness (QED) is 0.786. The predicted octanol–water partition coefficient (Wildman–Crippen LogP) is 4.09. The van der Waals surface area contributed by atoms with Gasteiger partial charge in [0.2, 0.25) is 0 Å². The highest BCUT2D eigenvalue weighted by atomic mass is 35.5. The van der Waals surface area contributed by atoms with Crippen LogP contribution in [0.2, 0.25) is 5.02 Å². The third kappa shape index (κ3) is 4.05. The number of anilines is 2. The number of hydrogen-bond donors (Lipinski definition) is 1. The van der Waals surface area contributed by atoms with Crippen LogP contribution in [0.1, 0.15) is 0 Å². The molecule has 2 aromatic rings. The maximum atomic E-state index is 13.4. The first-order valence-electron chi connectivity index (χ1n) is 8.66. The number of fused-ring (bicyclic) bond motifs is 2. The summed E-state index contributed by atoms with van der Waals surface area (Å²) in [6.45, 7) is 3.67. The van der Waals surface area contributed by atoms with E-state index < -0.39 is 0 Å². The third-order valence-electron chi connectivity index (χ3n) is 4.74. The Bertz CT molecular complexity index is 828. The summed E-state index contributed by atoms with van der Waals surface area (Å²) in [5.74, 6) is 0. The Kier molecular flexibility index (Phi) is 6.55. The van der Waals surface area contributed by atoms with E-state index in [0.717, 1.165) is 34.3 Å². The van der Waals surface area contributed by atoms with Crippen LogP contribution < -0.4 is 4.90 Å². The number of rotatable bonds is 2. The van der Waals surface area contributed by atoms with Crippen LogP contribution in [0.15, 0.2) is 52.3 Å². The number of carbonyl (C=O) groups excluding carboxylic acids is 1. The molecule has 0 aliphatic carbocycles. The summed E-state index contributed by atoms with van der Waals surface area (Å²) in [5.41, 5.74) is 1.74. The summed E-state index contributed by atoms with van der Waals surface area (Å²) < 4.78 is 0. The average Bonchev–Trinajstić information content (AvgIpc) is 2.66. The van der Waals surface area contributed by atoms with Gasteiger partial charge in [0.05, 0.1) is 18.0 Å². The minimum Gasteiger partial charge on any atom is -0.395 e. The molecule has 0 radical (unpaired) electrons. The number of urea groups is 1. The van der Waals surface area contributed by atoms with Gasteiger partial charge in [0.25, 0.3) is 0 Å². The largest absolute Gasteiger partial charge is 0.395 e. The zero-order valence-electron chi connectivity index (χ0n) is 14.7. The molecule has 2 aromatic carbocycles. The molecule has 27 heavy (non-hydrogen) atoms. The highest BCUT2D eigenvalue weighted by Crippen LogP contribution is 2.49. The Hall–Kier alpha value is -1.44. The Morgan fingerprint density at radius 2 is 1.74 bits per heavy atom. The molecule has 5 nitrogen and oxygen atoms in total. The zero-order valence-corrected chi connectivity index (χ0v) is 17.1. The van der Waals surface area contributed by atoms with Crippen molar-refractivity contribution >= 4 is 53.2 Å². The van der Waals surface area contributed by atoms with Gasteiger partial charge in [0.15, 0.2) is 0 Å². The van der Waals surface area contributed by atoms with E-state index >= 15 is 0 Å². The molecule has 0 aromatic heterocycles. The van der Waals surface area contributed by atoms with Crippen molar-refractivity contribution in [2.24, 2.45) is 0 Å². The second-order valence-electron chi connectivity index (χ2n) is 6.35. The van der Waals surface area contributed by atoms with E-state index in [1.165, 1.54) is 0 Å². The zero-order chi connectivity index (χ0) is 18.1. The second kappa shape index (κ2) is 8.71. The van der Waals surface area contributed by atoms with Gasteiger partial charge in [-0.3, -0.25) is 9.80 Å². The summed E-state index contributed by atoms with van der Waals surface area (Å²) in [7, 11) is 0. The molecule has 1 N–H and O–H groups in total. The van der Waals surface area contributed by atoms with E-state index in [1.807, 2.05) is 47.4 Å². The molecule has 2 aliphatic rings. The number of β-amino-alcohol motifs (C(OH)–C–C–N with tert-alkyl or cyclic N) is 1. The van der Waals surface area contributed by atoms with Crippen molar-refractivity contribution in [2.75, 3.05) is 44.2 Å². The minimum absolute atomic E-state index is 0. The first-order valence-corrected chi connectivity index (χ1v) is 9.85. The Morgan fingerprint density at radius 3 is 2.48 bits per heavy atom. The van der Waals surface area contributed by atoms with Crippen LogP contribution in [0.25, 0.3) is 0 Å². The predicted molar refractivity (Wildman–Crippen MR) is 112 cm³/mol. The molecule has 2 heterocycles. The summed E-state index contributed by atoms with van der Waals surface area (Å²) in [6, 6.07) is 13.6. The summed E-state index contributed by atoms with van der Waals surface area (Å²) >= 11 is 7.88. The van der Waals surface area contributed by atoms with E-state index in [2.05, 4.69) is 4.90 Å². The second-order valence-corrected chi connectivity index (χ2v) is 7.87. The molecular formula is C19H21Cl2N3O2S. The molecule has 0 bridgehead atoms. The Labute approximate surface area is 174 Å². The van der Waals surface area contributed by atoms with Gasteiger partial charge in [0, 0.05) is 47.5 Å². The molecule has 4 rings (SSSR count). The molecular weight excluding hydrogens is 405 g/mol. The number of piperazine rings is 1. The van der Waals surface area contributed by atoms with Gasteiger partial charge in [-0.1, -0.05) is 35.5 Å². The number of aliphatic hydroxyl groups is 1. The molecule has 1 saturated heterocycles. The first-order chi connectivity index (χ1) is 12.7. The maximum absolute atomic E-state index is 13.4. The summed E-state index contributed by atoms with van der Waals surface area (Å²) in [4.78, 5) is 21.3. The van der Waals surface area contributed by atoms with Crippen molar-refractivity contribution in [3.8, 4) is 0 Å². The lowest BCUT2D eigenvalue weighted by Gasteiger charge is -2.39. The number of nitrogens with zero attached hydrogens (tertiary/aromatic N) is 3. The fourth-order valence-electron chi connectivity index (χ4n) is 3.38. The van der Waals surface area contributed by atoms with E-state index in [4.69, 9.17) is 16.7 Å². The van der Waals surface area contributed by atoms with Crippen LogP contribution in [0.3, 0.4) is 0 Å². The van der Waals surface area contributed by atoms with E-state index in [-0.39, 0.29) is 25.0 Å². The van der Waals surface area contributed by atoms with E-state index in [9.17, 15) is 4.79 Å². The number of carbonyl (C=O) groups is 1. The number of para-hydroxylation sites is 1. The average molecular weight is 426 g/mol. The first kappa shape index (κ1) is 20.3. The standard InChI is InChI=1S/C19H20ClN3O2S.ClH/c20-14-5-6-18-16(13-14)23(15-3-1-2-4-17(15)26-18)19(25)22-9-7-21(8-10-22)11-12-24;/h1-6,13,24H,7-12H2;1H. The molecule has 0 spiro atoms. The molecule has 2 amide bonds. The Morgan fingerprint density at radius 1 is 1.04 bits per heavy atom. The highest BCUT2D eigenvalue weighted by Gasteiger charge is 2.32. The van der Waals surface area contributed by atoms with Crippen LogP contribution in [-0.4, -0.2) is 60.3 Å². The number of aliphatic hydroxyl groups excluding tert-OH is 1. The van der Waals surface area contributed by atoms with Crippen molar-refractivity contribution < 1.29 is 9.90 Å². The number of amides is 2. The Balaban J connectivity index is 0.00000210. The molecule has 8 heteroatoms. The van der Waals surface area contributed by atoms with Gasteiger partial charge in [-0.05, 0) is 30.3 Å². The van der Waals surface area contributed by atoms with Gasteiger partial charge >= 0.3 is 6.03 Å². The SMILES string of the molecule is Cl.O=C(N1CCN(CCO)CC1)N1c2ccccc2Sc2ccc(Cl)cc21. The van der Waals surface area contributed by atoms with Crippen LogP contribution >= 0.6 is 35.8 Å². The number of halogens is 2. The van der Waals surface area contributed by atoms with Crippen molar-refractivity contribution in [2.45, 2.75) is 9.79 Å². The monoisotopic (exact) mass is 425 g/mol. The van der Waals surface area contributed by atoms with Gasteiger partial charge in [-0.2, -0.15) is 0 Å². The van der Waals surface area contributed by atoms with Gasteiger partial charge in [0.1, 0.15) is 0 Å². The third-order valence-corrected chi connectivity index (χ3v) is 6.10. The van der Waals surface area contributed by atoms with E-state index in [1.54, 1.807) is 16.7 Å². The van der Waals surface area contributed by atoms with E-state index in [0.29, 0.717) is 24.7 Å². The lowest BCUT2D eigenvalue weighted by atomic mass is 10.2. The fourth-order valence-corrected chi connectivity index (χ4v) is 4.58. The maximum Gasteiger partial charge on any atom is 0.329 e. The topological polar surface area (TPSA) is 47.0 Å². The van der Waals surface area contributed by atoms with Gasteiger partial charge < -0.3 is 10.0 Å². The highest BCUT2D eigenvalue weighted by molar-refractivity contribution is 7.99. The lowest BCUT2D eigenvalue weighted by Crippen LogP contribution is -2.52. The molecule has 1 fully saturated rings. The van der Waals surface area contributed by atoms with Crippen molar-refractivity contribution in [3.05, 3.63) is 47.5 Å². The van der Waals surface area contributed by atoms with Gasteiger partial charge in [-0.25, -0.2) is 4.79 Å². The van der Waals surface area contributed by atoms with Crippen LogP contribution in [0.5, 0.6) is 0 Å². The normalized spacial score (nSPS) is 16.4. The molecule has 2 aliphatic heterocycles. The molecule has 144 valence electrons. The van der Waals surface area contributed by atoms with Crippen LogP contribution in [0, 0.1) is 0 Å². The minimum atomic E-state index is -0.0232. The number of hydrogen-bond acceptors (Lipinski definition) is 4. The van der Waals surface area contributed by atoms with Crippen molar-refractivity contribution in [3.63, 3.8) is 0 Å². The lowest BCUT2D eigenvalue weighted by molar-refractivity contribution is 0.126. The van der Waals surface area contributed by atoms with Crippen LogP contribution in [0.4, 0.5) is 16.2 Å². The van der Waals surface area contributed by atoms with Crippen molar-refractivity contribution in [1.29, 1.82) is 0 Å². The summed E-state index contributed by atoms with van der Waals surface area (Å²) in [6.07, 6.45) is 0. The van der Waals surface area contributed by atoms with Crippen molar-refractivity contribution in [1.82, 2.24) is 9.80 Å². The number of benzene rings is 2. The molecule has 0 atom stereocenters. The fraction of sp³-hybridized carbons (Fsp3) is 0.316. The molecule has 0 saturated carbocycles. The molecule has 0 unspecified atom stereocenters.